The van der Waals surface area contributed by atoms with Crippen molar-refractivity contribution in [3.8, 4) is 17.0 Å². The second-order valence-electron chi connectivity index (χ2n) is 11.5. The summed E-state index contributed by atoms with van der Waals surface area (Å²) in [5, 5.41) is 0. The Balaban J connectivity index is 1.55. The zero-order valence-electron chi connectivity index (χ0n) is 24.9. The molecule has 5 rings (SSSR count). The van der Waals surface area contributed by atoms with Crippen molar-refractivity contribution in [2.75, 3.05) is 0 Å². The maximum Gasteiger partial charge on any atom is 0.128 e. The van der Waals surface area contributed by atoms with Gasteiger partial charge >= 0.3 is 0 Å². The number of ether oxygens (including phenoxy) is 1. The number of fused-ring (bicyclic) bond motifs is 1. The summed E-state index contributed by atoms with van der Waals surface area (Å²) in [4.78, 5) is 7.93. The van der Waals surface area contributed by atoms with Crippen LogP contribution in [0.15, 0.2) is 78.9 Å². The van der Waals surface area contributed by atoms with Gasteiger partial charge in [-0.3, -0.25) is 9.88 Å². The monoisotopic (exact) mass is 532 g/mol. The van der Waals surface area contributed by atoms with Crippen molar-refractivity contribution in [2.45, 2.75) is 92.0 Å². The van der Waals surface area contributed by atoms with Gasteiger partial charge in [-0.25, -0.2) is 0 Å². The largest absolute Gasteiger partial charge is 0.491 e. The fourth-order valence-corrected chi connectivity index (χ4v) is 6.25. The zero-order valence-corrected chi connectivity index (χ0v) is 24.9. The van der Waals surface area contributed by atoms with Crippen LogP contribution < -0.4 is 4.74 Å². The summed E-state index contributed by atoms with van der Waals surface area (Å²) in [5.74, 6) is 0.972. The number of benzene rings is 3. The third-order valence-corrected chi connectivity index (χ3v) is 8.33. The van der Waals surface area contributed by atoms with E-state index in [1.165, 1.54) is 45.4 Å². The number of aromatic nitrogens is 1. The van der Waals surface area contributed by atoms with Gasteiger partial charge in [0.05, 0.1) is 11.8 Å². The summed E-state index contributed by atoms with van der Waals surface area (Å²) in [6, 6.07) is 29.2. The van der Waals surface area contributed by atoms with E-state index in [1.807, 2.05) is 0 Å². The van der Waals surface area contributed by atoms with Crippen LogP contribution in [0.2, 0.25) is 0 Å². The molecule has 0 aliphatic heterocycles. The Morgan fingerprint density at radius 2 is 1.52 bits per heavy atom. The quantitative estimate of drug-likeness (QED) is 0.205. The van der Waals surface area contributed by atoms with Gasteiger partial charge in [0.15, 0.2) is 0 Å². The first-order chi connectivity index (χ1) is 19.5. The molecule has 1 unspecified atom stereocenters. The maximum atomic E-state index is 6.56. The van der Waals surface area contributed by atoms with Crippen molar-refractivity contribution in [2.24, 2.45) is 0 Å². The molecule has 1 aromatic heterocycles. The van der Waals surface area contributed by atoms with Gasteiger partial charge in [0.2, 0.25) is 0 Å². The summed E-state index contributed by atoms with van der Waals surface area (Å²) < 4.78 is 6.56. The zero-order chi connectivity index (χ0) is 28.1. The van der Waals surface area contributed by atoms with E-state index in [-0.39, 0.29) is 6.10 Å². The van der Waals surface area contributed by atoms with Crippen molar-refractivity contribution in [1.82, 2.24) is 9.88 Å². The van der Waals surface area contributed by atoms with E-state index in [4.69, 9.17) is 9.72 Å². The highest BCUT2D eigenvalue weighted by atomic mass is 16.5. The Labute approximate surface area is 241 Å². The second-order valence-corrected chi connectivity index (χ2v) is 11.5. The smallest absolute Gasteiger partial charge is 0.128 e. The minimum atomic E-state index is 0.0876. The molecule has 0 radical (unpaired) electrons. The van der Waals surface area contributed by atoms with Crippen LogP contribution in [0.5, 0.6) is 5.75 Å². The van der Waals surface area contributed by atoms with Crippen molar-refractivity contribution >= 4 is 0 Å². The Morgan fingerprint density at radius 3 is 2.20 bits per heavy atom. The predicted molar refractivity (Wildman–Crippen MR) is 167 cm³/mol. The molecule has 3 nitrogen and oxygen atoms in total. The van der Waals surface area contributed by atoms with Crippen LogP contribution in [-0.2, 0) is 38.8 Å². The number of rotatable bonds is 10. The van der Waals surface area contributed by atoms with E-state index >= 15 is 0 Å². The molecule has 0 saturated carbocycles. The van der Waals surface area contributed by atoms with Crippen molar-refractivity contribution in [1.29, 1.82) is 0 Å². The Bertz CT molecular complexity index is 1400. The molecular formula is C37H44N2O. The highest BCUT2D eigenvalue weighted by Gasteiger charge is 2.27. The summed E-state index contributed by atoms with van der Waals surface area (Å²) >= 11 is 0. The minimum Gasteiger partial charge on any atom is -0.491 e. The fourth-order valence-electron chi connectivity index (χ4n) is 6.25. The lowest BCUT2D eigenvalue weighted by molar-refractivity contribution is 0.157. The molecule has 1 aliphatic rings. The molecule has 0 bridgehead atoms. The third-order valence-electron chi connectivity index (χ3n) is 8.33. The Morgan fingerprint density at radius 1 is 0.850 bits per heavy atom. The average Bonchev–Trinajstić information content (AvgIpc) is 2.97. The normalized spacial score (nSPS) is 14.9. The molecule has 0 amide bonds. The van der Waals surface area contributed by atoms with Gasteiger partial charge in [0.1, 0.15) is 5.75 Å². The number of nitrogens with zero attached hydrogens (tertiary/aromatic N) is 2. The van der Waals surface area contributed by atoms with E-state index in [2.05, 4.69) is 118 Å². The minimum absolute atomic E-state index is 0.0876. The van der Waals surface area contributed by atoms with E-state index in [1.54, 1.807) is 0 Å². The second kappa shape index (κ2) is 12.8. The van der Waals surface area contributed by atoms with Gasteiger partial charge in [-0.2, -0.15) is 0 Å². The third kappa shape index (κ3) is 6.31. The molecule has 208 valence electrons. The van der Waals surface area contributed by atoms with Gasteiger partial charge in [0, 0.05) is 42.0 Å². The molecule has 4 aromatic rings. The van der Waals surface area contributed by atoms with E-state index < -0.39 is 0 Å². The standard InChI is InChI=1S/C37H44N2O/c1-6-29-18-13-19-30(7-2)37(29)35-23-36(40-26(3)4)34(27(5)38-35)25-39(24-28-14-9-8-10-15-28)33-21-20-31-16-11-12-17-32(31)22-33/h8-19,23,26,33H,6-7,20-22,24-25H2,1-5H3. The molecule has 0 spiro atoms. The van der Waals surface area contributed by atoms with E-state index in [0.29, 0.717) is 6.04 Å². The van der Waals surface area contributed by atoms with Gasteiger partial charge in [-0.05, 0) is 80.7 Å². The van der Waals surface area contributed by atoms with Crippen LogP contribution >= 0.6 is 0 Å². The lowest BCUT2D eigenvalue weighted by Crippen LogP contribution is -2.39. The van der Waals surface area contributed by atoms with Crippen molar-refractivity contribution in [3.63, 3.8) is 0 Å². The average molecular weight is 533 g/mol. The van der Waals surface area contributed by atoms with Gasteiger partial charge in [-0.15, -0.1) is 0 Å². The number of aryl methyl sites for hydroxylation is 4. The molecule has 0 saturated heterocycles. The topological polar surface area (TPSA) is 25.4 Å². The van der Waals surface area contributed by atoms with Crippen molar-refractivity contribution < 1.29 is 4.74 Å². The lowest BCUT2D eigenvalue weighted by Gasteiger charge is -2.36. The number of hydrogen-bond donors (Lipinski definition) is 0. The molecule has 1 aliphatic carbocycles. The summed E-state index contributed by atoms with van der Waals surface area (Å²) in [7, 11) is 0. The molecule has 40 heavy (non-hydrogen) atoms. The molecular weight excluding hydrogens is 488 g/mol. The number of hydrogen-bond acceptors (Lipinski definition) is 3. The van der Waals surface area contributed by atoms with E-state index in [0.717, 1.165) is 55.9 Å². The van der Waals surface area contributed by atoms with Gasteiger partial charge < -0.3 is 4.74 Å². The summed E-state index contributed by atoms with van der Waals surface area (Å²) in [6.07, 6.45) is 5.44. The van der Waals surface area contributed by atoms with Crippen LogP contribution in [0.4, 0.5) is 0 Å². The highest BCUT2D eigenvalue weighted by molar-refractivity contribution is 5.70. The highest BCUT2D eigenvalue weighted by Crippen LogP contribution is 2.35. The van der Waals surface area contributed by atoms with Gasteiger partial charge in [0.25, 0.3) is 0 Å². The Kier molecular flexibility index (Phi) is 9.01. The molecule has 1 atom stereocenters. The first-order valence-electron chi connectivity index (χ1n) is 15.1. The summed E-state index contributed by atoms with van der Waals surface area (Å²) in [5.41, 5.74) is 11.6. The molecule has 0 fully saturated rings. The number of pyridine rings is 1. The van der Waals surface area contributed by atoms with Crippen LogP contribution in [-0.4, -0.2) is 22.0 Å². The van der Waals surface area contributed by atoms with Crippen LogP contribution in [0, 0.1) is 6.92 Å². The molecule has 3 heteroatoms. The Hall–Kier alpha value is -3.43. The molecule has 0 N–H and O–H groups in total. The first-order valence-corrected chi connectivity index (χ1v) is 15.1. The maximum absolute atomic E-state index is 6.56. The van der Waals surface area contributed by atoms with Crippen LogP contribution in [0.3, 0.4) is 0 Å². The van der Waals surface area contributed by atoms with Gasteiger partial charge in [-0.1, -0.05) is 86.6 Å². The lowest BCUT2D eigenvalue weighted by atomic mass is 9.87. The van der Waals surface area contributed by atoms with E-state index in [9.17, 15) is 0 Å². The molecule has 1 heterocycles. The van der Waals surface area contributed by atoms with Crippen LogP contribution in [0.25, 0.3) is 11.3 Å². The SMILES string of the molecule is CCc1cccc(CC)c1-c1cc(OC(C)C)c(CN(Cc2ccccc2)C2CCc3ccccc3C2)c(C)n1. The summed E-state index contributed by atoms with van der Waals surface area (Å²) in [6.45, 7) is 12.6. The fraction of sp³-hybridized carbons (Fsp3) is 0.378. The van der Waals surface area contributed by atoms with Crippen molar-refractivity contribution in [3.05, 3.63) is 118 Å². The first kappa shape index (κ1) is 28.1. The molecule has 3 aromatic carbocycles. The predicted octanol–water partition coefficient (Wildman–Crippen LogP) is 8.53. The van der Waals surface area contributed by atoms with Crippen LogP contribution in [0.1, 0.15) is 73.2 Å².